The molecule has 192 valence electrons. The number of amides is 1. The number of aryl methyl sites for hydroxylation is 1. The lowest BCUT2D eigenvalue weighted by Crippen LogP contribution is -2.35. The molecule has 0 N–H and O–H groups in total. The molecule has 9 nitrogen and oxygen atoms in total. The summed E-state index contributed by atoms with van der Waals surface area (Å²) in [5, 5.41) is 4.58. The molecule has 0 unspecified atom stereocenters. The number of nitrogens with zero attached hydrogens (tertiary/aromatic N) is 4. The number of aromatic nitrogens is 2. The molecule has 0 radical (unpaired) electrons. The van der Waals surface area contributed by atoms with Gasteiger partial charge in [0.2, 0.25) is 27.6 Å². The Hall–Kier alpha value is -2.95. The fourth-order valence-electron chi connectivity index (χ4n) is 4.12. The molecular formula is C25H29ClN4O5S. The fraction of sp³-hybridized carbons (Fsp3) is 0.400. The molecule has 1 aliphatic rings. The van der Waals surface area contributed by atoms with Gasteiger partial charge in [-0.3, -0.25) is 4.79 Å². The molecule has 0 spiro atoms. The van der Waals surface area contributed by atoms with Crippen LogP contribution in [0.5, 0.6) is 5.75 Å². The van der Waals surface area contributed by atoms with Crippen molar-refractivity contribution in [2.75, 3.05) is 27.2 Å². The third kappa shape index (κ3) is 6.05. The summed E-state index contributed by atoms with van der Waals surface area (Å²) in [5.74, 6) is 1.13. The highest BCUT2D eigenvalue weighted by Gasteiger charge is 2.27. The van der Waals surface area contributed by atoms with Crippen LogP contribution in [0.4, 0.5) is 0 Å². The number of halogens is 1. The van der Waals surface area contributed by atoms with Crippen molar-refractivity contribution < 1.29 is 22.5 Å². The molecule has 0 saturated carbocycles. The summed E-state index contributed by atoms with van der Waals surface area (Å²) in [7, 11) is -0.398. The molecule has 0 aliphatic carbocycles. The monoisotopic (exact) mass is 532 g/mol. The van der Waals surface area contributed by atoms with E-state index in [1.165, 1.54) is 16.3 Å². The van der Waals surface area contributed by atoms with Crippen molar-refractivity contribution in [3.05, 3.63) is 58.9 Å². The van der Waals surface area contributed by atoms with Crippen molar-refractivity contribution in [2.24, 2.45) is 0 Å². The van der Waals surface area contributed by atoms with Gasteiger partial charge in [-0.05, 0) is 67.3 Å². The van der Waals surface area contributed by atoms with Crippen LogP contribution in [0.3, 0.4) is 0 Å². The Labute approximate surface area is 216 Å². The minimum Gasteiger partial charge on any atom is -0.496 e. The molecule has 0 bridgehead atoms. The van der Waals surface area contributed by atoms with Crippen molar-refractivity contribution >= 4 is 27.5 Å². The van der Waals surface area contributed by atoms with Gasteiger partial charge in [0.15, 0.2) is 0 Å². The van der Waals surface area contributed by atoms with Crippen molar-refractivity contribution in [2.45, 2.75) is 43.5 Å². The van der Waals surface area contributed by atoms with E-state index in [-0.39, 0.29) is 23.8 Å². The Bertz CT molecular complexity index is 1300. The highest BCUT2D eigenvalue weighted by atomic mass is 35.5. The number of carbonyl (C=O) groups excluding carboxylic acids is 1. The maximum absolute atomic E-state index is 13.1. The lowest BCUT2D eigenvalue weighted by Gasteiger charge is -2.26. The molecule has 0 atom stereocenters. The molecule has 1 saturated heterocycles. The van der Waals surface area contributed by atoms with Crippen LogP contribution in [-0.2, 0) is 27.8 Å². The van der Waals surface area contributed by atoms with Gasteiger partial charge in [-0.25, -0.2) is 8.42 Å². The first-order valence-corrected chi connectivity index (χ1v) is 13.6. The van der Waals surface area contributed by atoms with Crippen LogP contribution in [0.1, 0.15) is 37.1 Å². The van der Waals surface area contributed by atoms with Crippen LogP contribution in [0.15, 0.2) is 51.9 Å². The maximum atomic E-state index is 13.1. The van der Waals surface area contributed by atoms with Crippen LogP contribution in [-0.4, -0.2) is 60.9 Å². The Morgan fingerprint density at radius 3 is 2.56 bits per heavy atom. The largest absolute Gasteiger partial charge is 0.496 e. The number of ether oxygens (including phenoxy) is 1. The van der Waals surface area contributed by atoms with Gasteiger partial charge in [-0.2, -0.15) is 9.29 Å². The van der Waals surface area contributed by atoms with Gasteiger partial charge in [0, 0.05) is 37.1 Å². The van der Waals surface area contributed by atoms with E-state index >= 15 is 0 Å². The molecular weight excluding hydrogens is 504 g/mol. The number of sulfonamides is 1. The Balaban J connectivity index is 1.40. The van der Waals surface area contributed by atoms with Crippen LogP contribution in [0.2, 0.25) is 5.02 Å². The maximum Gasteiger partial charge on any atom is 0.246 e. The van der Waals surface area contributed by atoms with Gasteiger partial charge in [-0.1, -0.05) is 23.2 Å². The van der Waals surface area contributed by atoms with Crippen LogP contribution >= 0.6 is 11.6 Å². The molecule has 1 aromatic heterocycles. The zero-order valence-electron chi connectivity index (χ0n) is 20.3. The van der Waals surface area contributed by atoms with E-state index < -0.39 is 10.0 Å². The number of rotatable bonds is 9. The highest BCUT2D eigenvalue weighted by Crippen LogP contribution is 2.27. The lowest BCUT2D eigenvalue weighted by molar-refractivity contribution is -0.130. The minimum absolute atomic E-state index is 0.146. The van der Waals surface area contributed by atoms with E-state index in [2.05, 4.69) is 10.1 Å². The molecule has 4 rings (SSSR count). The first kappa shape index (κ1) is 26.1. The molecule has 36 heavy (non-hydrogen) atoms. The summed E-state index contributed by atoms with van der Waals surface area (Å²) in [4.78, 5) is 18.9. The normalized spacial score (nSPS) is 14.5. The predicted molar refractivity (Wildman–Crippen MR) is 135 cm³/mol. The molecule has 1 aliphatic heterocycles. The smallest absolute Gasteiger partial charge is 0.246 e. The van der Waals surface area contributed by atoms with Gasteiger partial charge in [0.25, 0.3) is 0 Å². The molecule has 1 amide bonds. The summed E-state index contributed by atoms with van der Waals surface area (Å²) in [6.45, 7) is 1.21. The first-order chi connectivity index (χ1) is 17.3. The van der Waals surface area contributed by atoms with E-state index in [4.69, 9.17) is 20.9 Å². The van der Waals surface area contributed by atoms with Gasteiger partial charge in [0.1, 0.15) is 5.75 Å². The van der Waals surface area contributed by atoms with Gasteiger partial charge < -0.3 is 14.2 Å². The third-order valence-electron chi connectivity index (χ3n) is 6.18. The summed E-state index contributed by atoms with van der Waals surface area (Å²) >= 11 is 5.92. The average Bonchev–Trinajstić information content (AvgIpc) is 3.36. The highest BCUT2D eigenvalue weighted by molar-refractivity contribution is 7.89. The number of hydrogen-bond donors (Lipinski definition) is 0. The first-order valence-electron chi connectivity index (χ1n) is 11.8. The number of piperidine rings is 1. The van der Waals surface area contributed by atoms with E-state index in [1.807, 2.05) is 0 Å². The molecule has 3 aromatic rings. The molecule has 2 aromatic carbocycles. The summed E-state index contributed by atoms with van der Waals surface area (Å²) in [6, 6.07) is 11.9. The van der Waals surface area contributed by atoms with Gasteiger partial charge in [-0.15, -0.1) is 0 Å². The third-order valence-corrected chi connectivity index (χ3v) is 8.33. The summed E-state index contributed by atoms with van der Waals surface area (Å²) in [6.07, 6.45) is 3.27. The number of methoxy groups -OCH3 is 1. The summed E-state index contributed by atoms with van der Waals surface area (Å²) in [5.41, 5.74) is 1.43. The fourth-order valence-corrected chi connectivity index (χ4v) is 5.82. The van der Waals surface area contributed by atoms with E-state index in [1.54, 1.807) is 49.5 Å². The van der Waals surface area contributed by atoms with Crippen molar-refractivity contribution in [1.82, 2.24) is 19.3 Å². The SMILES string of the molecule is COc1ccc(S(=O)(=O)N2CCCCC2)cc1CCC(=O)N(C)Cc1nc(-c2ccc(Cl)cc2)no1. The van der Waals surface area contributed by atoms with Crippen molar-refractivity contribution in [3.8, 4) is 17.1 Å². The van der Waals surface area contributed by atoms with Crippen molar-refractivity contribution in [3.63, 3.8) is 0 Å². The quantitative estimate of drug-likeness (QED) is 0.407. The topological polar surface area (TPSA) is 106 Å². The average molecular weight is 533 g/mol. The Morgan fingerprint density at radius 1 is 1.14 bits per heavy atom. The Morgan fingerprint density at radius 2 is 1.86 bits per heavy atom. The molecule has 2 heterocycles. The van der Waals surface area contributed by atoms with Crippen LogP contribution in [0.25, 0.3) is 11.4 Å². The second-order valence-corrected chi connectivity index (χ2v) is 11.1. The van der Waals surface area contributed by atoms with E-state index in [0.717, 1.165) is 24.8 Å². The second-order valence-electron chi connectivity index (χ2n) is 8.71. The summed E-state index contributed by atoms with van der Waals surface area (Å²) < 4.78 is 38.4. The molecule has 1 fully saturated rings. The lowest BCUT2D eigenvalue weighted by atomic mass is 10.1. The van der Waals surface area contributed by atoms with E-state index in [0.29, 0.717) is 47.6 Å². The zero-order chi connectivity index (χ0) is 25.7. The van der Waals surface area contributed by atoms with Gasteiger partial charge >= 0.3 is 0 Å². The molecule has 11 heteroatoms. The second kappa shape index (κ2) is 11.4. The van der Waals surface area contributed by atoms with Crippen LogP contribution in [0, 0.1) is 0 Å². The zero-order valence-corrected chi connectivity index (χ0v) is 21.9. The predicted octanol–water partition coefficient (Wildman–Crippen LogP) is 4.16. The Kier molecular flexibility index (Phi) is 8.28. The van der Waals surface area contributed by atoms with Gasteiger partial charge in [0.05, 0.1) is 18.6 Å². The minimum atomic E-state index is -3.58. The number of hydrogen-bond acceptors (Lipinski definition) is 7. The standard InChI is InChI=1S/C25H29ClN4O5S/c1-29(17-23-27-25(28-35-23)18-6-9-20(26)10-7-18)24(31)13-8-19-16-21(11-12-22(19)34-2)36(32,33)30-14-4-3-5-15-30/h6-7,9-12,16H,3-5,8,13-15,17H2,1-2H3. The number of benzene rings is 2. The number of carbonyl (C=O) groups is 1. The van der Waals surface area contributed by atoms with Crippen LogP contribution < -0.4 is 4.74 Å². The van der Waals surface area contributed by atoms with E-state index in [9.17, 15) is 13.2 Å². The van der Waals surface area contributed by atoms with Crippen molar-refractivity contribution in [1.29, 1.82) is 0 Å².